The van der Waals surface area contributed by atoms with Crippen LogP contribution in [0.4, 0.5) is 0 Å². The fourth-order valence-corrected chi connectivity index (χ4v) is 2.66. The molecule has 2 aromatic rings. The number of aromatic nitrogens is 1. The summed E-state index contributed by atoms with van der Waals surface area (Å²) in [5.41, 5.74) is 0.791. The molecular weight excluding hydrogens is 374 g/mol. The molecule has 0 aliphatic heterocycles. The van der Waals surface area contributed by atoms with E-state index in [1.54, 1.807) is 0 Å². The third-order valence-corrected chi connectivity index (χ3v) is 4.51. The molecule has 0 bridgehead atoms. The Morgan fingerprint density at radius 1 is 1.32 bits per heavy atom. The Hall–Kier alpha value is -1.93. The number of carbonyl (C=O) groups is 1. The van der Waals surface area contributed by atoms with Crippen LogP contribution in [0.5, 0.6) is 11.5 Å². The minimum atomic E-state index is -3.35. The highest BCUT2D eigenvalue weighted by Gasteiger charge is 2.11. The minimum absolute atomic E-state index is 0.0122. The summed E-state index contributed by atoms with van der Waals surface area (Å²) < 4.78 is 28.8. The molecule has 0 aliphatic rings. The van der Waals surface area contributed by atoms with Crippen LogP contribution in [0.1, 0.15) is 15.9 Å². The Bertz CT molecular complexity index is 820. The van der Waals surface area contributed by atoms with Gasteiger partial charge < -0.3 is 9.84 Å². The molecule has 22 heavy (non-hydrogen) atoms. The van der Waals surface area contributed by atoms with Gasteiger partial charge in [0.15, 0.2) is 16.1 Å². The van der Waals surface area contributed by atoms with Gasteiger partial charge in [-0.05, 0) is 28.1 Å². The molecule has 1 aromatic heterocycles. The summed E-state index contributed by atoms with van der Waals surface area (Å²) >= 11 is 3.11. The van der Waals surface area contributed by atoms with Crippen LogP contribution in [-0.4, -0.2) is 31.1 Å². The van der Waals surface area contributed by atoms with E-state index in [0.717, 1.165) is 6.26 Å². The predicted octanol–water partition coefficient (Wildman–Crippen LogP) is 2.34. The lowest BCUT2D eigenvalue weighted by Crippen LogP contribution is -2.03. The second-order valence-corrected chi connectivity index (χ2v) is 7.42. The first-order valence-corrected chi connectivity index (χ1v) is 8.74. The normalized spacial score (nSPS) is 11.2. The number of aldehydes is 1. The number of carbonyl (C=O) groups excluding carboxylic acids is 1. The van der Waals surface area contributed by atoms with E-state index >= 15 is 0 Å². The standard InChI is InChI=1S/C14H12BrNO5S/c1-22(19,20)11-2-9(5-16-6-11)8-21-14-4-13(18)12(15)3-10(14)7-17/h2-7,18H,8H2,1H3. The molecule has 0 spiro atoms. The van der Waals surface area contributed by atoms with Gasteiger partial charge in [0.05, 0.1) is 14.9 Å². The second-order valence-electron chi connectivity index (χ2n) is 4.55. The van der Waals surface area contributed by atoms with Gasteiger partial charge in [0.25, 0.3) is 0 Å². The lowest BCUT2D eigenvalue weighted by Gasteiger charge is -2.10. The van der Waals surface area contributed by atoms with Crippen molar-refractivity contribution < 1.29 is 23.1 Å². The summed E-state index contributed by atoms with van der Waals surface area (Å²) in [6.07, 6.45) is 4.41. The van der Waals surface area contributed by atoms with Crippen molar-refractivity contribution in [1.29, 1.82) is 0 Å². The Kier molecular flexibility index (Phi) is 4.82. The first-order chi connectivity index (χ1) is 10.3. The molecule has 0 saturated heterocycles. The molecule has 0 aliphatic carbocycles. The molecule has 0 atom stereocenters. The number of hydrogen-bond acceptors (Lipinski definition) is 6. The third kappa shape index (κ3) is 3.83. The van der Waals surface area contributed by atoms with Crippen molar-refractivity contribution >= 4 is 32.1 Å². The van der Waals surface area contributed by atoms with Crippen LogP contribution in [0.3, 0.4) is 0 Å². The summed E-state index contributed by atoms with van der Waals surface area (Å²) in [5, 5.41) is 9.63. The van der Waals surface area contributed by atoms with Gasteiger partial charge >= 0.3 is 0 Å². The third-order valence-electron chi connectivity index (χ3n) is 2.80. The molecule has 1 N–H and O–H groups in total. The summed E-state index contributed by atoms with van der Waals surface area (Å²) in [4.78, 5) is 15.0. The molecule has 0 radical (unpaired) electrons. The zero-order valence-corrected chi connectivity index (χ0v) is 13.9. The van der Waals surface area contributed by atoms with Gasteiger partial charge in [-0.2, -0.15) is 0 Å². The highest BCUT2D eigenvalue weighted by molar-refractivity contribution is 9.10. The van der Waals surface area contributed by atoms with E-state index in [4.69, 9.17) is 4.74 Å². The van der Waals surface area contributed by atoms with Crippen LogP contribution >= 0.6 is 15.9 Å². The number of sulfone groups is 1. The van der Waals surface area contributed by atoms with Gasteiger partial charge in [-0.1, -0.05) is 0 Å². The van der Waals surface area contributed by atoms with Crippen molar-refractivity contribution in [3.05, 3.63) is 46.2 Å². The first-order valence-electron chi connectivity index (χ1n) is 6.05. The minimum Gasteiger partial charge on any atom is -0.507 e. The van der Waals surface area contributed by atoms with Crippen LogP contribution in [0.25, 0.3) is 0 Å². The van der Waals surface area contributed by atoms with Crippen molar-refractivity contribution in [2.45, 2.75) is 11.5 Å². The van der Waals surface area contributed by atoms with Gasteiger partial charge in [0.1, 0.15) is 18.1 Å². The Morgan fingerprint density at radius 2 is 2.05 bits per heavy atom. The summed E-state index contributed by atoms with van der Waals surface area (Å²) in [6.45, 7) is 0.0122. The molecule has 2 rings (SSSR count). The Balaban J connectivity index is 2.24. The smallest absolute Gasteiger partial charge is 0.177 e. The number of aromatic hydroxyl groups is 1. The number of hydrogen-bond donors (Lipinski definition) is 1. The van der Waals surface area contributed by atoms with Crippen LogP contribution in [0, 0.1) is 0 Å². The molecule has 8 heteroatoms. The maximum Gasteiger partial charge on any atom is 0.177 e. The first kappa shape index (κ1) is 16.4. The number of nitrogens with zero attached hydrogens (tertiary/aromatic N) is 1. The van der Waals surface area contributed by atoms with E-state index in [1.807, 2.05) is 0 Å². The summed E-state index contributed by atoms with van der Waals surface area (Å²) in [5.74, 6) is 0.129. The Morgan fingerprint density at radius 3 is 2.68 bits per heavy atom. The van der Waals surface area contributed by atoms with Crippen molar-refractivity contribution in [2.24, 2.45) is 0 Å². The van der Waals surface area contributed by atoms with E-state index in [1.165, 1.54) is 30.6 Å². The topological polar surface area (TPSA) is 93.6 Å². The van der Waals surface area contributed by atoms with Crippen molar-refractivity contribution in [3.63, 3.8) is 0 Å². The zero-order valence-electron chi connectivity index (χ0n) is 11.5. The van der Waals surface area contributed by atoms with E-state index < -0.39 is 9.84 Å². The van der Waals surface area contributed by atoms with Gasteiger partial charge in [-0.3, -0.25) is 9.78 Å². The van der Waals surface area contributed by atoms with Crippen LogP contribution in [-0.2, 0) is 16.4 Å². The molecule has 1 heterocycles. The van der Waals surface area contributed by atoms with E-state index in [9.17, 15) is 18.3 Å². The Labute approximate surface area is 135 Å². The van der Waals surface area contributed by atoms with Crippen LogP contribution in [0.15, 0.2) is 40.0 Å². The quantitative estimate of drug-likeness (QED) is 0.793. The summed E-state index contributed by atoms with van der Waals surface area (Å²) in [7, 11) is -3.35. The molecule has 116 valence electrons. The van der Waals surface area contributed by atoms with E-state index in [0.29, 0.717) is 16.3 Å². The van der Waals surface area contributed by atoms with Gasteiger partial charge in [-0.15, -0.1) is 0 Å². The van der Waals surface area contributed by atoms with Gasteiger partial charge in [0.2, 0.25) is 0 Å². The molecule has 0 saturated carbocycles. The molecule has 6 nitrogen and oxygen atoms in total. The number of ether oxygens (including phenoxy) is 1. The van der Waals surface area contributed by atoms with Gasteiger partial charge in [0, 0.05) is 30.3 Å². The fraction of sp³-hybridized carbons (Fsp3) is 0.143. The lowest BCUT2D eigenvalue weighted by molar-refractivity contribution is 0.111. The maximum atomic E-state index is 11.5. The average Bonchev–Trinajstić information content (AvgIpc) is 2.47. The maximum absolute atomic E-state index is 11.5. The van der Waals surface area contributed by atoms with E-state index in [-0.39, 0.29) is 28.6 Å². The van der Waals surface area contributed by atoms with Crippen LogP contribution in [0.2, 0.25) is 0 Å². The average molecular weight is 386 g/mol. The monoisotopic (exact) mass is 385 g/mol. The fourth-order valence-electron chi connectivity index (χ4n) is 1.68. The molecule has 0 unspecified atom stereocenters. The highest BCUT2D eigenvalue weighted by atomic mass is 79.9. The SMILES string of the molecule is CS(=O)(=O)c1cncc(COc2cc(O)c(Br)cc2C=O)c1. The number of pyridine rings is 1. The largest absolute Gasteiger partial charge is 0.507 e. The second kappa shape index (κ2) is 6.45. The van der Waals surface area contributed by atoms with Gasteiger partial charge in [-0.25, -0.2) is 8.42 Å². The predicted molar refractivity (Wildman–Crippen MR) is 82.9 cm³/mol. The number of halogens is 1. The van der Waals surface area contributed by atoms with Crippen molar-refractivity contribution in [2.75, 3.05) is 6.26 Å². The van der Waals surface area contributed by atoms with Crippen LogP contribution < -0.4 is 4.74 Å². The molecule has 1 aromatic carbocycles. The van der Waals surface area contributed by atoms with Crippen molar-refractivity contribution in [1.82, 2.24) is 4.98 Å². The molecular formula is C14H12BrNO5S. The summed E-state index contributed by atoms with van der Waals surface area (Å²) in [6, 6.07) is 4.19. The zero-order chi connectivity index (χ0) is 16.3. The molecule has 0 amide bonds. The van der Waals surface area contributed by atoms with Crippen molar-refractivity contribution in [3.8, 4) is 11.5 Å². The number of phenolic OH excluding ortho intramolecular Hbond substituents is 1. The number of rotatable bonds is 5. The number of phenols is 1. The van der Waals surface area contributed by atoms with E-state index in [2.05, 4.69) is 20.9 Å². The number of benzene rings is 1. The highest BCUT2D eigenvalue weighted by Crippen LogP contribution is 2.31. The lowest BCUT2D eigenvalue weighted by atomic mass is 10.2. The molecule has 0 fully saturated rings.